The number of carboxylic acids is 1. The largest absolute Gasteiger partial charge is 0.480 e. The van der Waals surface area contributed by atoms with Gasteiger partial charge in [0.25, 0.3) is 0 Å². The summed E-state index contributed by atoms with van der Waals surface area (Å²) in [7, 11) is 1.48. The quantitative estimate of drug-likeness (QED) is 0.303. The van der Waals surface area contributed by atoms with E-state index in [0.717, 1.165) is 0 Å². The number of urea groups is 1. The SMILES string of the molecule is COCCNC(=O)C(C)NC(=O)NC(CC(N)=O)C(=O)O. The van der Waals surface area contributed by atoms with Gasteiger partial charge in [0.15, 0.2) is 0 Å². The number of carbonyl (C=O) groups is 4. The molecule has 10 nitrogen and oxygen atoms in total. The van der Waals surface area contributed by atoms with Crippen molar-refractivity contribution in [1.29, 1.82) is 0 Å². The van der Waals surface area contributed by atoms with Crippen LogP contribution in [0, 0.1) is 0 Å². The minimum atomic E-state index is -1.45. The van der Waals surface area contributed by atoms with Gasteiger partial charge in [0, 0.05) is 13.7 Å². The topological polar surface area (TPSA) is 160 Å². The molecule has 21 heavy (non-hydrogen) atoms. The van der Waals surface area contributed by atoms with Crippen LogP contribution >= 0.6 is 0 Å². The number of hydrogen-bond donors (Lipinski definition) is 5. The van der Waals surface area contributed by atoms with Gasteiger partial charge in [-0.1, -0.05) is 0 Å². The summed E-state index contributed by atoms with van der Waals surface area (Å²) >= 11 is 0. The Kier molecular flexibility index (Phi) is 8.46. The molecule has 0 aromatic rings. The lowest BCUT2D eigenvalue weighted by Crippen LogP contribution is -2.53. The van der Waals surface area contributed by atoms with Gasteiger partial charge in [-0.25, -0.2) is 9.59 Å². The molecule has 0 aromatic heterocycles. The molecule has 6 N–H and O–H groups in total. The third kappa shape index (κ3) is 8.42. The summed E-state index contributed by atoms with van der Waals surface area (Å²) in [5.74, 6) is -2.72. The highest BCUT2D eigenvalue weighted by molar-refractivity contribution is 5.90. The summed E-state index contributed by atoms with van der Waals surface area (Å²) in [6.45, 7) is 2.03. The van der Waals surface area contributed by atoms with Crippen molar-refractivity contribution in [2.24, 2.45) is 5.73 Å². The van der Waals surface area contributed by atoms with Gasteiger partial charge in [0.05, 0.1) is 13.0 Å². The number of carbonyl (C=O) groups excluding carboxylic acids is 3. The summed E-state index contributed by atoms with van der Waals surface area (Å²) in [5.41, 5.74) is 4.87. The van der Waals surface area contributed by atoms with Crippen LogP contribution in [-0.2, 0) is 19.1 Å². The van der Waals surface area contributed by atoms with Gasteiger partial charge < -0.3 is 31.5 Å². The molecule has 120 valence electrons. The number of ether oxygens (including phenoxy) is 1. The van der Waals surface area contributed by atoms with Crippen molar-refractivity contribution in [2.75, 3.05) is 20.3 Å². The second-order valence-corrected chi connectivity index (χ2v) is 4.18. The summed E-state index contributed by atoms with van der Waals surface area (Å²) in [4.78, 5) is 44.6. The Labute approximate surface area is 121 Å². The number of aliphatic carboxylic acids is 1. The first-order valence-electron chi connectivity index (χ1n) is 6.12. The molecule has 0 fully saturated rings. The van der Waals surface area contributed by atoms with Crippen LogP contribution in [0.25, 0.3) is 0 Å². The van der Waals surface area contributed by atoms with Gasteiger partial charge in [-0.2, -0.15) is 0 Å². The second-order valence-electron chi connectivity index (χ2n) is 4.18. The molecule has 0 aliphatic carbocycles. The van der Waals surface area contributed by atoms with E-state index < -0.39 is 42.3 Å². The van der Waals surface area contributed by atoms with Crippen LogP contribution in [0.2, 0.25) is 0 Å². The standard InChI is InChI=1S/C11H20N4O6/c1-6(9(17)13-3-4-21-2)14-11(20)15-7(10(18)19)5-8(12)16/h6-7H,3-5H2,1-2H3,(H2,12,16)(H,13,17)(H,18,19)(H2,14,15,20). The second kappa shape index (κ2) is 9.53. The van der Waals surface area contributed by atoms with Crippen LogP contribution in [0.3, 0.4) is 0 Å². The maximum Gasteiger partial charge on any atom is 0.326 e. The Morgan fingerprint density at radius 1 is 1.24 bits per heavy atom. The van der Waals surface area contributed by atoms with E-state index in [1.165, 1.54) is 14.0 Å². The van der Waals surface area contributed by atoms with E-state index in [4.69, 9.17) is 15.6 Å². The smallest absolute Gasteiger partial charge is 0.326 e. The van der Waals surface area contributed by atoms with Crippen molar-refractivity contribution in [3.8, 4) is 0 Å². The van der Waals surface area contributed by atoms with Crippen LogP contribution in [-0.4, -0.2) is 61.3 Å². The number of hydrogen-bond acceptors (Lipinski definition) is 5. The molecule has 0 saturated heterocycles. The van der Waals surface area contributed by atoms with Crippen LogP contribution < -0.4 is 21.7 Å². The van der Waals surface area contributed by atoms with Gasteiger partial charge in [0.1, 0.15) is 12.1 Å². The molecule has 0 saturated carbocycles. The number of nitrogens with two attached hydrogens (primary N) is 1. The zero-order chi connectivity index (χ0) is 16.4. The van der Waals surface area contributed by atoms with E-state index in [0.29, 0.717) is 6.61 Å². The van der Waals surface area contributed by atoms with Gasteiger partial charge in [-0.3, -0.25) is 9.59 Å². The molecular formula is C11H20N4O6. The first kappa shape index (κ1) is 18.6. The fourth-order valence-corrected chi connectivity index (χ4v) is 1.29. The van der Waals surface area contributed by atoms with Crippen molar-refractivity contribution >= 4 is 23.8 Å². The van der Waals surface area contributed by atoms with E-state index in [1.54, 1.807) is 0 Å². The van der Waals surface area contributed by atoms with E-state index in [9.17, 15) is 19.2 Å². The van der Waals surface area contributed by atoms with Crippen molar-refractivity contribution in [3.05, 3.63) is 0 Å². The lowest BCUT2D eigenvalue weighted by atomic mass is 10.2. The number of primary amides is 1. The maximum atomic E-state index is 11.6. The van der Waals surface area contributed by atoms with E-state index in [-0.39, 0.29) is 6.54 Å². The highest BCUT2D eigenvalue weighted by Crippen LogP contribution is 1.92. The zero-order valence-corrected chi connectivity index (χ0v) is 11.8. The summed E-state index contributed by atoms with van der Waals surface area (Å²) in [5, 5.41) is 15.6. The summed E-state index contributed by atoms with van der Waals surface area (Å²) in [6.07, 6.45) is -0.544. The van der Waals surface area contributed by atoms with E-state index in [1.807, 2.05) is 5.32 Å². The predicted octanol–water partition coefficient (Wildman–Crippen LogP) is -2.23. The molecule has 0 heterocycles. The number of methoxy groups -OCH3 is 1. The minimum absolute atomic E-state index is 0.280. The molecule has 0 aliphatic heterocycles. The molecule has 10 heteroatoms. The normalized spacial score (nSPS) is 12.9. The molecule has 2 unspecified atom stereocenters. The lowest BCUT2D eigenvalue weighted by molar-refractivity contribution is -0.140. The zero-order valence-electron chi connectivity index (χ0n) is 11.8. The molecule has 0 aliphatic rings. The van der Waals surface area contributed by atoms with Gasteiger partial charge in [-0.15, -0.1) is 0 Å². The lowest BCUT2D eigenvalue weighted by Gasteiger charge is -2.17. The van der Waals surface area contributed by atoms with Crippen molar-refractivity contribution in [2.45, 2.75) is 25.4 Å². The first-order chi connectivity index (χ1) is 9.77. The van der Waals surface area contributed by atoms with Crippen LogP contribution in [0.5, 0.6) is 0 Å². The Morgan fingerprint density at radius 3 is 2.33 bits per heavy atom. The molecule has 0 spiro atoms. The van der Waals surface area contributed by atoms with E-state index >= 15 is 0 Å². The predicted molar refractivity (Wildman–Crippen MR) is 71.3 cm³/mol. The van der Waals surface area contributed by atoms with Crippen LogP contribution in [0.15, 0.2) is 0 Å². The van der Waals surface area contributed by atoms with Crippen LogP contribution in [0.4, 0.5) is 4.79 Å². The summed E-state index contributed by atoms with van der Waals surface area (Å²) < 4.78 is 4.75. The van der Waals surface area contributed by atoms with Gasteiger partial charge in [-0.05, 0) is 6.92 Å². The Bertz CT molecular complexity index is 400. The number of rotatable bonds is 9. The number of amides is 4. The molecule has 4 amide bonds. The number of carboxylic acid groups (broad SMARTS) is 1. The molecular weight excluding hydrogens is 284 g/mol. The molecule has 0 aromatic carbocycles. The highest BCUT2D eigenvalue weighted by Gasteiger charge is 2.23. The summed E-state index contributed by atoms with van der Waals surface area (Å²) in [6, 6.07) is -3.23. The third-order valence-electron chi connectivity index (χ3n) is 2.36. The first-order valence-corrected chi connectivity index (χ1v) is 6.12. The highest BCUT2D eigenvalue weighted by atomic mass is 16.5. The Morgan fingerprint density at radius 2 is 1.86 bits per heavy atom. The van der Waals surface area contributed by atoms with Crippen molar-refractivity contribution in [3.63, 3.8) is 0 Å². The Hall–Kier alpha value is -2.36. The Balaban J connectivity index is 4.29. The molecule has 0 radical (unpaired) electrons. The third-order valence-corrected chi connectivity index (χ3v) is 2.36. The van der Waals surface area contributed by atoms with Gasteiger partial charge >= 0.3 is 12.0 Å². The fourth-order valence-electron chi connectivity index (χ4n) is 1.29. The van der Waals surface area contributed by atoms with Gasteiger partial charge in [0.2, 0.25) is 11.8 Å². The van der Waals surface area contributed by atoms with Crippen LogP contribution in [0.1, 0.15) is 13.3 Å². The van der Waals surface area contributed by atoms with E-state index in [2.05, 4.69) is 10.6 Å². The molecule has 0 rings (SSSR count). The monoisotopic (exact) mass is 304 g/mol. The molecule has 0 bridgehead atoms. The average molecular weight is 304 g/mol. The maximum absolute atomic E-state index is 11.6. The fraction of sp³-hybridized carbons (Fsp3) is 0.636. The van der Waals surface area contributed by atoms with Crippen molar-refractivity contribution in [1.82, 2.24) is 16.0 Å². The average Bonchev–Trinajstić information content (AvgIpc) is 2.37. The van der Waals surface area contributed by atoms with Crippen molar-refractivity contribution < 1.29 is 29.0 Å². The number of nitrogens with one attached hydrogen (secondary N) is 3. The molecule has 2 atom stereocenters. The minimum Gasteiger partial charge on any atom is -0.480 e.